The molecule has 1 fully saturated rings. The van der Waals surface area contributed by atoms with Gasteiger partial charge in [-0.1, -0.05) is 0 Å². The molecule has 0 radical (unpaired) electrons. The largest absolute Gasteiger partial charge is 0.507 e. The number of hydrogen-bond donors (Lipinski definition) is 3. The molecule has 1 aliphatic heterocycles. The predicted octanol–water partition coefficient (Wildman–Crippen LogP) is 3.32. The van der Waals surface area contributed by atoms with Crippen LogP contribution in [0, 0.1) is 10.1 Å². The van der Waals surface area contributed by atoms with Crippen molar-refractivity contribution >= 4 is 32.6 Å². The molecule has 31 heavy (non-hydrogen) atoms. The van der Waals surface area contributed by atoms with E-state index >= 15 is 0 Å². The Hall–Kier alpha value is -2.95. The van der Waals surface area contributed by atoms with Gasteiger partial charge < -0.3 is 24.6 Å². The van der Waals surface area contributed by atoms with Gasteiger partial charge in [0, 0.05) is 51.8 Å². The monoisotopic (exact) mass is 490 g/mol. The van der Waals surface area contributed by atoms with Gasteiger partial charge in [0.1, 0.15) is 28.2 Å². The van der Waals surface area contributed by atoms with Crippen LogP contribution in [-0.4, -0.2) is 51.4 Å². The number of nitrogens with zero attached hydrogens (tertiary/aromatic N) is 2. The number of nitro benzene ring substituents is 1. The van der Waals surface area contributed by atoms with Crippen LogP contribution in [0.3, 0.4) is 0 Å². The number of likely N-dealkylation sites (tertiary alicyclic amines) is 1. The average Bonchev–Trinajstić information content (AvgIpc) is 3.07. The van der Waals surface area contributed by atoms with Crippen molar-refractivity contribution in [2.75, 3.05) is 20.2 Å². The quantitative estimate of drug-likeness (QED) is 0.374. The van der Waals surface area contributed by atoms with Gasteiger partial charge >= 0.3 is 0 Å². The van der Waals surface area contributed by atoms with E-state index in [1.54, 1.807) is 0 Å². The minimum absolute atomic E-state index is 0.0315. The van der Waals surface area contributed by atoms with Crippen LogP contribution in [0.2, 0.25) is 0 Å². The van der Waals surface area contributed by atoms with Crippen LogP contribution in [0.25, 0.3) is 22.3 Å². The van der Waals surface area contributed by atoms with E-state index in [9.17, 15) is 30.2 Å². The van der Waals surface area contributed by atoms with Crippen LogP contribution in [0.1, 0.15) is 17.9 Å². The van der Waals surface area contributed by atoms with Crippen LogP contribution in [0.15, 0.2) is 44.0 Å². The summed E-state index contributed by atoms with van der Waals surface area (Å²) >= 11 is 3.28. The number of non-ortho nitro benzene ring substituents is 1. The Morgan fingerprint density at radius 3 is 2.65 bits per heavy atom. The van der Waals surface area contributed by atoms with E-state index in [-0.39, 0.29) is 46.7 Å². The summed E-state index contributed by atoms with van der Waals surface area (Å²) in [4.78, 5) is 25.3. The normalized spacial score (nSPS) is 19.2. The number of nitro groups is 1. The molecule has 0 spiro atoms. The summed E-state index contributed by atoms with van der Waals surface area (Å²) in [5.41, 5.74) is 0.125. The van der Waals surface area contributed by atoms with Crippen LogP contribution < -0.4 is 5.43 Å². The second-order valence-electron chi connectivity index (χ2n) is 7.55. The molecule has 3 N–H and O–H groups in total. The third kappa shape index (κ3) is 3.56. The first-order valence-corrected chi connectivity index (χ1v) is 10.3. The maximum Gasteiger partial charge on any atom is 0.270 e. The zero-order chi connectivity index (χ0) is 22.4. The van der Waals surface area contributed by atoms with Crippen LogP contribution in [-0.2, 0) is 0 Å². The van der Waals surface area contributed by atoms with Crippen molar-refractivity contribution in [3.8, 4) is 22.8 Å². The van der Waals surface area contributed by atoms with Crippen LogP contribution >= 0.6 is 15.9 Å². The second kappa shape index (κ2) is 7.95. The first kappa shape index (κ1) is 21.3. The highest BCUT2D eigenvalue weighted by molar-refractivity contribution is 9.10. The molecule has 9 nitrogen and oxygen atoms in total. The van der Waals surface area contributed by atoms with E-state index in [0.717, 1.165) is 6.07 Å². The third-order valence-corrected chi connectivity index (χ3v) is 6.46. The molecule has 1 aliphatic rings. The molecule has 4 rings (SSSR count). The topological polar surface area (TPSA) is 137 Å². The zero-order valence-corrected chi connectivity index (χ0v) is 18.0. The number of hydrogen-bond acceptors (Lipinski definition) is 8. The number of phenolic OH excluding ortho intramolecular Hbond substituents is 2. The van der Waals surface area contributed by atoms with Crippen molar-refractivity contribution < 1.29 is 24.7 Å². The average molecular weight is 491 g/mol. The standard InChI is InChI=1S/C21H19BrN2O7/c1-23-5-4-12(14(23)9-25)19-15(26)7-16(27)20-17(28)8-18(31-21(19)20)11-3-2-10(24(29)30)6-13(11)22/h2-3,6-8,12,14,25-27H,4-5,9H2,1H3/t12-,14+/m0/s1. The first-order chi connectivity index (χ1) is 14.7. The van der Waals surface area contributed by atoms with Gasteiger partial charge in [0.25, 0.3) is 5.69 Å². The molecule has 0 aliphatic carbocycles. The Morgan fingerprint density at radius 2 is 2.00 bits per heavy atom. The highest BCUT2D eigenvalue weighted by Crippen LogP contribution is 2.44. The van der Waals surface area contributed by atoms with Gasteiger partial charge in [-0.2, -0.15) is 0 Å². The lowest BCUT2D eigenvalue weighted by Gasteiger charge is -2.24. The van der Waals surface area contributed by atoms with E-state index in [1.165, 1.54) is 24.3 Å². The summed E-state index contributed by atoms with van der Waals surface area (Å²) in [7, 11) is 1.86. The Bertz CT molecular complexity index is 1260. The molecule has 0 unspecified atom stereocenters. The van der Waals surface area contributed by atoms with E-state index in [0.29, 0.717) is 28.6 Å². The first-order valence-electron chi connectivity index (χ1n) is 9.51. The van der Waals surface area contributed by atoms with Crippen molar-refractivity contribution in [3.05, 3.63) is 60.7 Å². The Balaban J connectivity index is 1.98. The van der Waals surface area contributed by atoms with Gasteiger partial charge in [-0.25, -0.2) is 0 Å². The Kier molecular flexibility index (Phi) is 5.46. The lowest BCUT2D eigenvalue weighted by molar-refractivity contribution is -0.384. The zero-order valence-electron chi connectivity index (χ0n) is 16.4. The lowest BCUT2D eigenvalue weighted by atomic mass is 9.89. The molecule has 2 heterocycles. The molecular formula is C21H19BrN2O7. The predicted molar refractivity (Wildman–Crippen MR) is 116 cm³/mol. The number of aliphatic hydroxyl groups is 1. The molecule has 10 heteroatoms. The molecule has 0 amide bonds. The maximum absolute atomic E-state index is 12.9. The van der Waals surface area contributed by atoms with E-state index in [4.69, 9.17) is 4.42 Å². The summed E-state index contributed by atoms with van der Waals surface area (Å²) in [6.07, 6.45) is 0.615. The SMILES string of the molecule is CN1CC[C@H](c2c(O)cc(O)c3c(=O)cc(-c4ccc([N+](=O)[O-])cc4Br)oc23)[C@H]1CO. The summed E-state index contributed by atoms with van der Waals surface area (Å²) in [5.74, 6) is -0.841. The van der Waals surface area contributed by atoms with Crippen molar-refractivity contribution in [3.63, 3.8) is 0 Å². The van der Waals surface area contributed by atoms with Gasteiger partial charge in [-0.15, -0.1) is 0 Å². The minimum atomic E-state index is -0.537. The van der Waals surface area contributed by atoms with Crippen molar-refractivity contribution in [1.29, 1.82) is 0 Å². The number of likely N-dealkylation sites (N-methyl/N-ethyl adjacent to an activating group) is 1. The highest BCUT2D eigenvalue weighted by atomic mass is 79.9. The summed E-state index contributed by atoms with van der Waals surface area (Å²) in [6.45, 7) is 0.524. The number of benzene rings is 2. The van der Waals surface area contributed by atoms with Gasteiger partial charge in [0.2, 0.25) is 0 Å². The number of phenols is 2. The minimum Gasteiger partial charge on any atom is -0.507 e. The fourth-order valence-corrected chi connectivity index (χ4v) is 4.80. The smallest absolute Gasteiger partial charge is 0.270 e. The number of rotatable bonds is 4. The Labute approximate surface area is 184 Å². The third-order valence-electron chi connectivity index (χ3n) is 5.81. The summed E-state index contributed by atoms with van der Waals surface area (Å²) < 4.78 is 6.37. The Morgan fingerprint density at radius 1 is 1.26 bits per heavy atom. The molecule has 0 bridgehead atoms. The molecule has 1 saturated heterocycles. The van der Waals surface area contributed by atoms with E-state index in [2.05, 4.69) is 15.9 Å². The lowest BCUT2D eigenvalue weighted by Crippen LogP contribution is -2.32. The second-order valence-corrected chi connectivity index (χ2v) is 8.41. The molecular weight excluding hydrogens is 472 g/mol. The fraction of sp³-hybridized carbons (Fsp3) is 0.286. The fourth-order valence-electron chi connectivity index (χ4n) is 4.24. The molecule has 0 saturated carbocycles. The number of aromatic hydroxyl groups is 2. The van der Waals surface area contributed by atoms with Crippen LogP contribution in [0.5, 0.6) is 11.5 Å². The molecule has 162 valence electrons. The van der Waals surface area contributed by atoms with Gasteiger partial charge in [0.15, 0.2) is 5.43 Å². The summed E-state index contributed by atoms with van der Waals surface area (Å²) in [5, 5.41) is 41.8. The van der Waals surface area contributed by atoms with Crippen molar-refractivity contribution in [1.82, 2.24) is 4.90 Å². The van der Waals surface area contributed by atoms with Crippen molar-refractivity contribution in [2.24, 2.45) is 0 Å². The summed E-state index contributed by atoms with van der Waals surface area (Å²) in [6, 6.07) is 6.06. The number of fused-ring (bicyclic) bond motifs is 1. The molecule has 2 aromatic carbocycles. The molecule has 1 aromatic heterocycles. The number of aliphatic hydroxyl groups excluding tert-OH is 1. The van der Waals surface area contributed by atoms with E-state index in [1.807, 2.05) is 11.9 Å². The highest BCUT2D eigenvalue weighted by Gasteiger charge is 2.36. The number of halogens is 1. The molecule has 2 atom stereocenters. The van der Waals surface area contributed by atoms with Gasteiger partial charge in [0.05, 0.1) is 11.5 Å². The van der Waals surface area contributed by atoms with Gasteiger partial charge in [-0.3, -0.25) is 14.9 Å². The van der Waals surface area contributed by atoms with Gasteiger partial charge in [-0.05, 0) is 42.0 Å². The van der Waals surface area contributed by atoms with E-state index < -0.39 is 16.1 Å². The van der Waals surface area contributed by atoms with Crippen LogP contribution in [0.4, 0.5) is 5.69 Å². The molecule has 3 aromatic rings. The maximum atomic E-state index is 12.9. The van der Waals surface area contributed by atoms with Crippen molar-refractivity contribution in [2.45, 2.75) is 18.4 Å².